The van der Waals surface area contributed by atoms with E-state index in [4.69, 9.17) is 0 Å². The molecule has 1 spiro atoms. The smallest absolute Gasteiger partial charge is 0.169 e. The summed E-state index contributed by atoms with van der Waals surface area (Å²) in [5.41, 5.74) is 5.13. The number of hydrogen-bond acceptors (Lipinski definition) is 1. The molecular formula is C19H22O. The van der Waals surface area contributed by atoms with Crippen LogP contribution in [0.1, 0.15) is 66.9 Å². The molecule has 1 nitrogen and oxygen atoms in total. The zero-order valence-corrected chi connectivity index (χ0v) is 12.4. The molecule has 1 aromatic rings. The molecule has 2 bridgehead atoms. The van der Waals surface area contributed by atoms with Crippen molar-refractivity contribution >= 4 is 5.78 Å². The number of carbonyl (C=O) groups excluding carboxylic acids is 1. The van der Waals surface area contributed by atoms with Gasteiger partial charge in [0, 0.05) is 11.0 Å². The van der Waals surface area contributed by atoms with Crippen molar-refractivity contribution in [3.05, 3.63) is 46.5 Å². The molecule has 3 aliphatic carbocycles. The van der Waals surface area contributed by atoms with Crippen molar-refractivity contribution < 1.29 is 4.79 Å². The number of rotatable bonds is 1. The first-order valence-electron chi connectivity index (χ1n) is 7.96. The average Bonchev–Trinajstić information content (AvgIpc) is 3.04. The fraction of sp³-hybridized carbons (Fsp3) is 0.526. The van der Waals surface area contributed by atoms with Gasteiger partial charge in [0.05, 0.1) is 0 Å². The van der Waals surface area contributed by atoms with E-state index in [1.54, 1.807) is 5.57 Å². The molecule has 3 aliphatic rings. The molecule has 20 heavy (non-hydrogen) atoms. The Kier molecular flexibility index (Phi) is 2.52. The normalized spacial score (nSPS) is 31.1. The molecule has 0 heterocycles. The third kappa shape index (κ3) is 1.52. The van der Waals surface area contributed by atoms with Crippen LogP contribution >= 0.6 is 0 Å². The lowest BCUT2D eigenvalue weighted by Crippen LogP contribution is -2.39. The maximum absolute atomic E-state index is 13.2. The zero-order chi connectivity index (χ0) is 13.9. The molecule has 1 saturated carbocycles. The number of carbonyl (C=O) groups is 1. The van der Waals surface area contributed by atoms with Crippen LogP contribution < -0.4 is 0 Å². The quantitative estimate of drug-likeness (QED) is 0.675. The van der Waals surface area contributed by atoms with E-state index in [-0.39, 0.29) is 5.41 Å². The summed E-state index contributed by atoms with van der Waals surface area (Å²) in [7, 11) is 0. The Labute approximate surface area is 121 Å². The van der Waals surface area contributed by atoms with Crippen molar-refractivity contribution in [3.63, 3.8) is 0 Å². The molecule has 1 heteroatoms. The lowest BCUT2D eigenvalue weighted by molar-refractivity contribution is 0.0670. The van der Waals surface area contributed by atoms with E-state index in [1.165, 1.54) is 17.5 Å². The van der Waals surface area contributed by atoms with Gasteiger partial charge in [-0.3, -0.25) is 4.79 Å². The van der Waals surface area contributed by atoms with Gasteiger partial charge >= 0.3 is 0 Å². The predicted octanol–water partition coefficient (Wildman–Crippen LogP) is 4.67. The van der Waals surface area contributed by atoms with Gasteiger partial charge in [-0.25, -0.2) is 0 Å². The highest BCUT2D eigenvalue weighted by molar-refractivity contribution is 6.04. The minimum Gasteiger partial charge on any atom is -0.294 e. The lowest BCUT2D eigenvalue weighted by Gasteiger charge is -2.39. The van der Waals surface area contributed by atoms with Crippen molar-refractivity contribution in [2.75, 3.05) is 0 Å². The standard InChI is InChI=1S/C19H22O/c1-12(2)15-5-4-14-7-8-19(18(20)17(14)10-15)11-13-3-6-16(19)9-13/h3-5,10,12,16H,6-9,11H2,1-2H3. The minimum absolute atomic E-state index is 0.0350. The van der Waals surface area contributed by atoms with Gasteiger partial charge in [-0.05, 0) is 61.1 Å². The third-order valence-electron chi connectivity index (χ3n) is 5.86. The second-order valence-electron chi connectivity index (χ2n) is 7.23. The van der Waals surface area contributed by atoms with Crippen molar-refractivity contribution in [3.8, 4) is 0 Å². The fourth-order valence-electron chi connectivity index (χ4n) is 4.59. The number of Topliss-reactive ketones (excluding diaryl/α,β-unsaturated/α-hetero) is 1. The number of aryl methyl sites for hydroxylation is 1. The van der Waals surface area contributed by atoms with Gasteiger partial charge in [-0.15, -0.1) is 0 Å². The Hall–Kier alpha value is -1.37. The van der Waals surface area contributed by atoms with Gasteiger partial charge in [0.25, 0.3) is 0 Å². The molecule has 0 amide bonds. The third-order valence-corrected chi connectivity index (χ3v) is 5.86. The summed E-state index contributed by atoms with van der Waals surface area (Å²) >= 11 is 0. The Morgan fingerprint density at radius 3 is 2.80 bits per heavy atom. The Morgan fingerprint density at radius 1 is 1.30 bits per heavy atom. The molecule has 0 N–H and O–H groups in total. The number of ketones is 1. The summed E-state index contributed by atoms with van der Waals surface area (Å²) in [6.45, 7) is 4.40. The number of allylic oxidation sites excluding steroid dienone is 2. The average molecular weight is 266 g/mol. The second kappa shape index (κ2) is 4.07. The first-order chi connectivity index (χ1) is 9.60. The van der Waals surface area contributed by atoms with Gasteiger partial charge in [0.15, 0.2) is 5.78 Å². The van der Waals surface area contributed by atoms with Crippen LogP contribution in [0.4, 0.5) is 0 Å². The molecule has 4 rings (SSSR count). The van der Waals surface area contributed by atoms with Crippen LogP contribution in [0, 0.1) is 11.3 Å². The largest absolute Gasteiger partial charge is 0.294 e. The second-order valence-corrected chi connectivity index (χ2v) is 7.23. The summed E-state index contributed by atoms with van der Waals surface area (Å²) in [6.07, 6.45) is 7.90. The van der Waals surface area contributed by atoms with E-state index < -0.39 is 0 Å². The van der Waals surface area contributed by atoms with Crippen LogP contribution in [0.2, 0.25) is 0 Å². The monoisotopic (exact) mass is 266 g/mol. The highest BCUT2D eigenvalue weighted by atomic mass is 16.1. The number of benzene rings is 1. The highest BCUT2D eigenvalue weighted by Gasteiger charge is 2.53. The van der Waals surface area contributed by atoms with E-state index in [0.717, 1.165) is 31.2 Å². The van der Waals surface area contributed by atoms with Gasteiger partial charge < -0.3 is 0 Å². The molecule has 0 aliphatic heterocycles. The van der Waals surface area contributed by atoms with Crippen LogP contribution in [0.5, 0.6) is 0 Å². The van der Waals surface area contributed by atoms with Crippen LogP contribution in [-0.4, -0.2) is 5.78 Å². The highest BCUT2D eigenvalue weighted by Crippen LogP contribution is 2.58. The molecule has 0 aromatic heterocycles. The van der Waals surface area contributed by atoms with Crippen molar-refractivity contribution in [1.82, 2.24) is 0 Å². The first kappa shape index (κ1) is 12.4. The molecule has 2 atom stereocenters. The molecule has 1 aromatic carbocycles. The Balaban J connectivity index is 1.79. The molecular weight excluding hydrogens is 244 g/mol. The van der Waals surface area contributed by atoms with Crippen LogP contribution in [0.25, 0.3) is 0 Å². The molecule has 0 radical (unpaired) electrons. The summed E-state index contributed by atoms with van der Waals surface area (Å²) in [5.74, 6) is 1.55. The fourth-order valence-corrected chi connectivity index (χ4v) is 4.59. The lowest BCUT2D eigenvalue weighted by atomic mass is 9.63. The topological polar surface area (TPSA) is 17.1 Å². The van der Waals surface area contributed by atoms with E-state index in [0.29, 0.717) is 17.6 Å². The number of hydrogen-bond donors (Lipinski definition) is 0. The minimum atomic E-state index is -0.0350. The van der Waals surface area contributed by atoms with Gasteiger partial charge in [0.1, 0.15) is 0 Å². The van der Waals surface area contributed by atoms with Crippen molar-refractivity contribution in [2.45, 2.75) is 51.9 Å². The van der Waals surface area contributed by atoms with E-state index in [9.17, 15) is 4.79 Å². The molecule has 104 valence electrons. The number of fused-ring (bicyclic) bond motifs is 4. The summed E-state index contributed by atoms with van der Waals surface area (Å²) < 4.78 is 0. The Bertz CT molecular complexity index is 623. The summed E-state index contributed by atoms with van der Waals surface area (Å²) in [5, 5.41) is 0. The molecule has 0 saturated heterocycles. The van der Waals surface area contributed by atoms with Crippen LogP contribution in [-0.2, 0) is 6.42 Å². The van der Waals surface area contributed by atoms with Gasteiger partial charge in [0.2, 0.25) is 0 Å². The van der Waals surface area contributed by atoms with Crippen LogP contribution in [0.3, 0.4) is 0 Å². The van der Waals surface area contributed by atoms with Crippen molar-refractivity contribution in [1.29, 1.82) is 0 Å². The first-order valence-corrected chi connectivity index (χ1v) is 7.96. The van der Waals surface area contributed by atoms with Crippen molar-refractivity contribution in [2.24, 2.45) is 11.3 Å². The van der Waals surface area contributed by atoms with Gasteiger partial charge in [-0.1, -0.05) is 37.6 Å². The summed E-state index contributed by atoms with van der Waals surface area (Å²) in [4.78, 5) is 13.2. The van der Waals surface area contributed by atoms with Crippen LogP contribution in [0.15, 0.2) is 29.8 Å². The van der Waals surface area contributed by atoms with E-state index in [1.807, 2.05) is 0 Å². The zero-order valence-electron chi connectivity index (χ0n) is 12.4. The SMILES string of the molecule is CC(C)c1ccc2c(c1)C(=O)C1(CC2)CC2=CCC1C2. The molecule has 1 fully saturated rings. The van der Waals surface area contributed by atoms with Gasteiger partial charge in [-0.2, -0.15) is 0 Å². The molecule has 2 unspecified atom stereocenters. The predicted molar refractivity (Wildman–Crippen MR) is 81.0 cm³/mol. The summed E-state index contributed by atoms with van der Waals surface area (Å²) in [6, 6.07) is 6.59. The maximum Gasteiger partial charge on any atom is 0.169 e. The van der Waals surface area contributed by atoms with E-state index >= 15 is 0 Å². The van der Waals surface area contributed by atoms with E-state index in [2.05, 4.69) is 38.1 Å². The Morgan fingerprint density at radius 2 is 2.15 bits per heavy atom. The maximum atomic E-state index is 13.2.